The molecule has 0 amide bonds. The first-order chi connectivity index (χ1) is 12.1. The molecule has 2 rings (SSSR count). The Morgan fingerprint density at radius 2 is 1.60 bits per heavy atom. The molecular weight excluding hydrogens is 331 g/mol. The molecule has 4 nitrogen and oxygen atoms in total. The summed E-state index contributed by atoms with van der Waals surface area (Å²) >= 11 is 0. The van der Waals surface area contributed by atoms with Gasteiger partial charge in [0.15, 0.2) is 0 Å². The highest BCUT2D eigenvalue weighted by Gasteiger charge is 2.48. The number of hydrogen-bond donors (Lipinski definition) is 0. The predicted octanol–water partition coefficient (Wildman–Crippen LogP) is 5.11. The van der Waals surface area contributed by atoms with Crippen molar-refractivity contribution in [1.29, 1.82) is 5.26 Å². The van der Waals surface area contributed by atoms with Crippen molar-refractivity contribution in [2.45, 2.75) is 78.3 Å². The van der Waals surface area contributed by atoms with Gasteiger partial charge in [-0.2, -0.15) is 5.26 Å². The standard InChI is InChI=1S/C20H33N2O2P/c1-16(2)22(17(3)4)25(23-14-9-13-21)24-15-12-20-18-10-7-5-6-8-11-19(18)20/h16-20H,7-12,14-15H2,1-4H3/t18-,19+,20+,25?. The third-order valence-corrected chi connectivity index (χ3v) is 7.26. The summed E-state index contributed by atoms with van der Waals surface area (Å²) < 4.78 is 14.5. The van der Waals surface area contributed by atoms with Gasteiger partial charge in [-0.15, -0.1) is 11.8 Å². The fraction of sp³-hybridized carbons (Fsp3) is 0.850. The normalized spacial score (nSPS) is 26.4. The van der Waals surface area contributed by atoms with Crippen LogP contribution in [0.25, 0.3) is 0 Å². The molecular formula is C20H33N2O2P. The van der Waals surface area contributed by atoms with Gasteiger partial charge in [0.1, 0.15) is 0 Å². The highest BCUT2D eigenvalue weighted by Crippen LogP contribution is 2.55. The summed E-state index contributed by atoms with van der Waals surface area (Å²) in [5.41, 5.74) is 0. The summed E-state index contributed by atoms with van der Waals surface area (Å²) in [6.45, 7) is 9.91. The molecule has 140 valence electrons. The highest BCUT2D eigenvalue weighted by atomic mass is 31.2. The van der Waals surface area contributed by atoms with Crippen molar-refractivity contribution in [2.24, 2.45) is 17.8 Å². The van der Waals surface area contributed by atoms with Gasteiger partial charge in [-0.25, -0.2) is 4.67 Å². The third-order valence-electron chi connectivity index (χ3n) is 5.15. The Labute approximate surface area is 155 Å². The minimum absolute atomic E-state index is 0.362. The van der Waals surface area contributed by atoms with Crippen LogP contribution in [-0.4, -0.2) is 30.0 Å². The monoisotopic (exact) mass is 364 g/mol. The molecule has 1 unspecified atom stereocenters. The molecule has 1 saturated carbocycles. The lowest BCUT2D eigenvalue weighted by Gasteiger charge is -2.35. The van der Waals surface area contributed by atoms with Gasteiger partial charge in [-0.1, -0.05) is 0 Å². The number of fused-ring (bicyclic) bond motifs is 1. The average molecular weight is 364 g/mol. The van der Waals surface area contributed by atoms with Crippen molar-refractivity contribution >= 4 is 8.53 Å². The van der Waals surface area contributed by atoms with Gasteiger partial charge in [-0.05, 0) is 64.7 Å². The first-order valence-electron chi connectivity index (χ1n) is 9.73. The van der Waals surface area contributed by atoms with Gasteiger partial charge < -0.3 is 9.05 Å². The quantitative estimate of drug-likeness (QED) is 0.307. The van der Waals surface area contributed by atoms with Crippen molar-refractivity contribution in [3.8, 4) is 17.9 Å². The topological polar surface area (TPSA) is 45.5 Å². The predicted molar refractivity (Wildman–Crippen MR) is 102 cm³/mol. The van der Waals surface area contributed by atoms with Crippen molar-refractivity contribution in [2.75, 3.05) is 13.2 Å². The largest absolute Gasteiger partial charge is 0.322 e. The Kier molecular flexibility index (Phi) is 8.68. The van der Waals surface area contributed by atoms with Crippen LogP contribution in [0.1, 0.15) is 66.2 Å². The third kappa shape index (κ3) is 6.23. The van der Waals surface area contributed by atoms with Crippen molar-refractivity contribution in [3.05, 3.63) is 0 Å². The molecule has 0 N–H and O–H groups in total. The lowest BCUT2D eigenvalue weighted by Crippen LogP contribution is -2.33. The Morgan fingerprint density at radius 1 is 1.04 bits per heavy atom. The fourth-order valence-corrected chi connectivity index (χ4v) is 5.65. The number of hydrogen-bond acceptors (Lipinski definition) is 4. The zero-order chi connectivity index (χ0) is 18.2. The van der Waals surface area contributed by atoms with Crippen molar-refractivity contribution < 1.29 is 9.05 Å². The van der Waals surface area contributed by atoms with E-state index in [0.29, 0.717) is 25.1 Å². The van der Waals surface area contributed by atoms with Crippen molar-refractivity contribution in [1.82, 2.24) is 4.67 Å². The fourth-order valence-electron chi connectivity index (χ4n) is 4.04. The second kappa shape index (κ2) is 10.5. The van der Waals surface area contributed by atoms with E-state index in [1.165, 1.54) is 12.8 Å². The summed E-state index contributed by atoms with van der Waals surface area (Å²) in [7, 11) is -1.09. The molecule has 0 bridgehead atoms. The van der Waals surface area contributed by atoms with Crippen LogP contribution in [0.5, 0.6) is 0 Å². The van der Waals surface area contributed by atoms with E-state index in [9.17, 15) is 0 Å². The maximum atomic E-state index is 8.77. The van der Waals surface area contributed by atoms with Gasteiger partial charge in [0.25, 0.3) is 8.53 Å². The zero-order valence-electron chi connectivity index (χ0n) is 16.2. The molecule has 0 saturated heterocycles. The number of nitrogens with zero attached hydrogens (tertiary/aromatic N) is 2. The first kappa shape index (κ1) is 20.7. The molecule has 4 atom stereocenters. The molecule has 0 heterocycles. The molecule has 0 aromatic carbocycles. The van der Waals surface area contributed by atoms with Crippen LogP contribution in [0.4, 0.5) is 0 Å². The summed E-state index contributed by atoms with van der Waals surface area (Å²) in [6.07, 6.45) is 6.20. The van der Waals surface area contributed by atoms with Crippen LogP contribution in [0.2, 0.25) is 0 Å². The molecule has 2 aliphatic carbocycles. The lowest BCUT2D eigenvalue weighted by molar-refractivity contribution is 0.172. The van der Waals surface area contributed by atoms with E-state index >= 15 is 0 Å². The zero-order valence-corrected chi connectivity index (χ0v) is 17.1. The van der Waals surface area contributed by atoms with Crippen molar-refractivity contribution in [3.63, 3.8) is 0 Å². The minimum Gasteiger partial charge on any atom is -0.322 e. The average Bonchev–Trinajstić information content (AvgIpc) is 3.15. The molecule has 0 radical (unpaired) electrons. The van der Waals surface area contributed by atoms with Crippen LogP contribution < -0.4 is 0 Å². The number of rotatable bonds is 10. The van der Waals surface area contributed by atoms with Gasteiger partial charge in [0.05, 0.1) is 25.7 Å². The Hall–Kier alpha value is -0.640. The Balaban J connectivity index is 1.81. The molecule has 0 spiro atoms. The van der Waals surface area contributed by atoms with Crippen LogP contribution in [-0.2, 0) is 9.05 Å². The van der Waals surface area contributed by atoms with Gasteiger partial charge >= 0.3 is 0 Å². The smallest absolute Gasteiger partial charge is 0.259 e. The van der Waals surface area contributed by atoms with Crippen LogP contribution in [0.3, 0.4) is 0 Å². The van der Waals surface area contributed by atoms with E-state index in [0.717, 1.165) is 43.6 Å². The maximum Gasteiger partial charge on any atom is 0.259 e. The second-order valence-electron chi connectivity index (χ2n) is 7.59. The summed E-state index contributed by atoms with van der Waals surface area (Å²) in [5.74, 6) is 9.10. The van der Waals surface area contributed by atoms with Gasteiger partial charge in [0.2, 0.25) is 0 Å². The summed E-state index contributed by atoms with van der Waals surface area (Å²) in [4.78, 5) is 0. The lowest BCUT2D eigenvalue weighted by atomic mass is 10.1. The first-order valence-corrected chi connectivity index (χ1v) is 10.9. The van der Waals surface area contributed by atoms with Crippen LogP contribution in [0, 0.1) is 40.9 Å². The molecule has 2 aliphatic rings. The Morgan fingerprint density at radius 3 is 2.12 bits per heavy atom. The maximum absolute atomic E-state index is 8.77. The molecule has 0 aromatic heterocycles. The molecule has 0 aliphatic heterocycles. The van der Waals surface area contributed by atoms with E-state index in [2.05, 4.69) is 50.3 Å². The highest BCUT2D eigenvalue weighted by molar-refractivity contribution is 7.44. The Bertz CT molecular complexity index is 480. The van der Waals surface area contributed by atoms with Crippen LogP contribution >= 0.6 is 8.53 Å². The number of nitriles is 1. The van der Waals surface area contributed by atoms with E-state index in [1.54, 1.807) is 0 Å². The second-order valence-corrected chi connectivity index (χ2v) is 9.04. The van der Waals surface area contributed by atoms with E-state index in [-0.39, 0.29) is 0 Å². The summed E-state index contributed by atoms with van der Waals surface area (Å²) in [6, 6.07) is 2.87. The molecule has 0 aromatic rings. The molecule has 5 heteroatoms. The summed E-state index contributed by atoms with van der Waals surface area (Å²) in [5, 5.41) is 8.77. The molecule has 1 fully saturated rings. The molecule has 25 heavy (non-hydrogen) atoms. The minimum atomic E-state index is -1.09. The van der Waals surface area contributed by atoms with Gasteiger partial charge in [-0.3, -0.25) is 0 Å². The van der Waals surface area contributed by atoms with E-state index in [1.807, 2.05) is 0 Å². The van der Waals surface area contributed by atoms with E-state index in [4.69, 9.17) is 14.3 Å². The van der Waals surface area contributed by atoms with Gasteiger partial charge in [0, 0.05) is 24.9 Å². The van der Waals surface area contributed by atoms with E-state index < -0.39 is 8.53 Å². The van der Waals surface area contributed by atoms with Crippen LogP contribution in [0.15, 0.2) is 0 Å². The SMILES string of the molecule is CC(C)N(C(C)C)P(OCCC#N)OCC[C@H]1[C@@H]2CCC#CCC[C@@H]21.